The van der Waals surface area contributed by atoms with E-state index in [-0.39, 0.29) is 28.1 Å². The smallest absolute Gasteiger partial charge is 0.241 e. The molecular weight excluding hydrogens is 452 g/mol. The van der Waals surface area contributed by atoms with Crippen molar-refractivity contribution in [2.75, 3.05) is 33.4 Å². The maximum atomic E-state index is 12.5. The van der Waals surface area contributed by atoms with Crippen LogP contribution in [-0.2, 0) is 21.1 Å². The van der Waals surface area contributed by atoms with E-state index in [0.29, 0.717) is 23.4 Å². The Labute approximate surface area is 199 Å². The molecule has 9 nitrogen and oxygen atoms in total. The van der Waals surface area contributed by atoms with E-state index in [2.05, 4.69) is 15.3 Å². The van der Waals surface area contributed by atoms with Crippen LogP contribution in [0.15, 0.2) is 65.8 Å². The van der Waals surface area contributed by atoms with Gasteiger partial charge in [-0.1, -0.05) is 24.3 Å². The van der Waals surface area contributed by atoms with Gasteiger partial charge in [0.15, 0.2) is 9.84 Å². The first kappa shape index (κ1) is 25.2. The summed E-state index contributed by atoms with van der Waals surface area (Å²) in [5.74, 6) is -0.435. The number of hydrogen-bond donors (Lipinski definition) is 3. The van der Waals surface area contributed by atoms with Crippen LogP contribution >= 0.6 is 0 Å². The lowest BCUT2D eigenvalue weighted by Crippen LogP contribution is -2.21. The lowest BCUT2D eigenvalue weighted by atomic mass is 10.1. The van der Waals surface area contributed by atoms with Crippen molar-refractivity contribution < 1.29 is 13.2 Å². The SMILES string of the molecule is CNCc1ccc(C(=N)OC(=N)c2cncc(-c3ccc(S(=O)(=O)CCN(C)C)cc3)n2)cc1. The van der Waals surface area contributed by atoms with E-state index >= 15 is 0 Å². The largest absolute Gasteiger partial charge is 0.419 e. The fraction of sp³-hybridized carbons (Fsp3) is 0.250. The quantitative estimate of drug-likeness (QED) is 0.317. The first-order valence-electron chi connectivity index (χ1n) is 10.6. The van der Waals surface area contributed by atoms with Crippen LogP contribution in [0.2, 0.25) is 0 Å². The van der Waals surface area contributed by atoms with Gasteiger partial charge in [-0.05, 0) is 51.0 Å². The number of benzene rings is 2. The van der Waals surface area contributed by atoms with Crippen LogP contribution < -0.4 is 5.32 Å². The van der Waals surface area contributed by atoms with Crippen LogP contribution in [0, 0.1) is 10.8 Å². The molecule has 2 aromatic carbocycles. The van der Waals surface area contributed by atoms with Gasteiger partial charge in [0.2, 0.25) is 11.8 Å². The molecule has 0 aliphatic heterocycles. The summed E-state index contributed by atoms with van der Waals surface area (Å²) in [5, 5.41) is 19.4. The van der Waals surface area contributed by atoms with Crippen LogP contribution in [0.1, 0.15) is 16.8 Å². The molecule has 0 radical (unpaired) electrons. The third-order valence-corrected chi connectivity index (χ3v) is 6.70. The predicted octanol–water partition coefficient (Wildman–Crippen LogP) is 2.57. The summed E-state index contributed by atoms with van der Waals surface area (Å²) in [6.45, 7) is 1.16. The number of aromatic nitrogens is 2. The topological polar surface area (TPSA) is 132 Å². The Kier molecular flexibility index (Phi) is 8.21. The van der Waals surface area contributed by atoms with E-state index in [1.807, 2.05) is 38.2 Å². The van der Waals surface area contributed by atoms with Gasteiger partial charge in [-0.25, -0.2) is 13.4 Å². The average Bonchev–Trinajstić information content (AvgIpc) is 2.83. The molecule has 3 rings (SSSR count). The molecule has 0 atom stereocenters. The van der Waals surface area contributed by atoms with Gasteiger partial charge in [0.05, 0.1) is 28.7 Å². The summed E-state index contributed by atoms with van der Waals surface area (Å²) in [5.41, 5.74) is 2.90. The van der Waals surface area contributed by atoms with Crippen LogP contribution in [-0.4, -0.2) is 68.5 Å². The van der Waals surface area contributed by atoms with Gasteiger partial charge in [-0.2, -0.15) is 0 Å². The predicted molar refractivity (Wildman–Crippen MR) is 132 cm³/mol. The minimum atomic E-state index is -3.38. The zero-order valence-electron chi connectivity index (χ0n) is 19.4. The Hall–Kier alpha value is -3.47. The van der Waals surface area contributed by atoms with Crippen molar-refractivity contribution in [2.24, 2.45) is 0 Å². The fourth-order valence-corrected chi connectivity index (χ4v) is 4.45. The molecule has 0 fully saturated rings. The molecule has 10 heteroatoms. The lowest BCUT2D eigenvalue weighted by molar-refractivity contribution is 0.432. The highest BCUT2D eigenvalue weighted by Crippen LogP contribution is 2.20. The molecule has 1 aromatic heterocycles. The van der Waals surface area contributed by atoms with E-state index in [0.717, 1.165) is 12.1 Å². The second kappa shape index (κ2) is 11.1. The van der Waals surface area contributed by atoms with Gasteiger partial charge in [-0.3, -0.25) is 15.8 Å². The monoisotopic (exact) mass is 480 g/mol. The Bertz CT molecular complexity index is 1260. The highest BCUT2D eigenvalue weighted by molar-refractivity contribution is 7.91. The van der Waals surface area contributed by atoms with Crippen LogP contribution in [0.25, 0.3) is 11.3 Å². The normalized spacial score (nSPS) is 11.4. The van der Waals surface area contributed by atoms with E-state index < -0.39 is 9.84 Å². The minimum Gasteiger partial charge on any atom is -0.419 e. The molecule has 0 bridgehead atoms. The summed E-state index contributed by atoms with van der Waals surface area (Å²) >= 11 is 0. The molecule has 3 N–H and O–H groups in total. The molecular formula is C24H28N6O3S. The van der Waals surface area contributed by atoms with Gasteiger partial charge in [0.1, 0.15) is 5.69 Å². The molecule has 178 valence electrons. The maximum Gasteiger partial charge on any atom is 0.241 e. The summed E-state index contributed by atoms with van der Waals surface area (Å²) in [4.78, 5) is 10.6. The third-order valence-electron chi connectivity index (χ3n) is 4.98. The van der Waals surface area contributed by atoms with Crippen molar-refractivity contribution in [3.63, 3.8) is 0 Å². The van der Waals surface area contributed by atoms with Gasteiger partial charge in [-0.15, -0.1) is 0 Å². The number of sulfone groups is 1. The molecule has 0 aliphatic rings. The summed E-state index contributed by atoms with van der Waals surface area (Å²) < 4.78 is 30.3. The summed E-state index contributed by atoms with van der Waals surface area (Å²) in [6, 6.07) is 13.7. The Morgan fingerprint density at radius 3 is 2.29 bits per heavy atom. The number of nitrogens with one attached hydrogen (secondary N) is 3. The lowest BCUT2D eigenvalue weighted by Gasteiger charge is -2.11. The first-order chi connectivity index (χ1) is 16.2. The third kappa shape index (κ3) is 6.53. The molecule has 0 unspecified atom stereocenters. The van der Waals surface area contributed by atoms with Gasteiger partial charge in [0, 0.05) is 24.2 Å². The number of hydrogen-bond acceptors (Lipinski definition) is 9. The second-order valence-electron chi connectivity index (χ2n) is 7.92. The van der Waals surface area contributed by atoms with Crippen molar-refractivity contribution >= 4 is 21.6 Å². The van der Waals surface area contributed by atoms with Crippen LogP contribution in [0.3, 0.4) is 0 Å². The number of ether oxygens (including phenoxy) is 1. The zero-order chi connectivity index (χ0) is 24.7. The summed E-state index contributed by atoms with van der Waals surface area (Å²) in [7, 11) is 2.13. The zero-order valence-corrected chi connectivity index (χ0v) is 20.2. The van der Waals surface area contributed by atoms with Crippen molar-refractivity contribution in [1.29, 1.82) is 10.8 Å². The molecule has 0 amide bonds. The van der Waals surface area contributed by atoms with E-state index in [4.69, 9.17) is 15.6 Å². The first-order valence-corrected chi connectivity index (χ1v) is 12.2. The molecule has 0 saturated heterocycles. The molecule has 0 aliphatic carbocycles. The fourth-order valence-electron chi connectivity index (χ4n) is 3.06. The van der Waals surface area contributed by atoms with Crippen molar-refractivity contribution in [2.45, 2.75) is 11.4 Å². The Morgan fingerprint density at radius 1 is 1.00 bits per heavy atom. The van der Waals surface area contributed by atoms with Crippen molar-refractivity contribution in [1.82, 2.24) is 20.2 Å². The van der Waals surface area contributed by atoms with Gasteiger partial charge >= 0.3 is 0 Å². The Balaban J connectivity index is 1.71. The number of rotatable bonds is 9. The van der Waals surface area contributed by atoms with Crippen molar-refractivity contribution in [3.8, 4) is 11.3 Å². The van der Waals surface area contributed by atoms with Gasteiger partial charge in [0.25, 0.3) is 0 Å². The van der Waals surface area contributed by atoms with Crippen LogP contribution in [0.4, 0.5) is 0 Å². The highest BCUT2D eigenvalue weighted by atomic mass is 32.2. The van der Waals surface area contributed by atoms with Crippen molar-refractivity contribution in [3.05, 3.63) is 77.7 Å². The highest BCUT2D eigenvalue weighted by Gasteiger charge is 2.16. The molecule has 3 aromatic rings. The molecule has 34 heavy (non-hydrogen) atoms. The van der Waals surface area contributed by atoms with E-state index in [1.165, 1.54) is 12.4 Å². The van der Waals surface area contributed by atoms with E-state index in [9.17, 15) is 8.42 Å². The molecule has 1 heterocycles. The van der Waals surface area contributed by atoms with Gasteiger partial charge < -0.3 is 15.0 Å². The van der Waals surface area contributed by atoms with Crippen LogP contribution in [0.5, 0.6) is 0 Å². The molecule has 0 spiro atoms. The minimum absolute atomic E-state index is 0.0350. The van der Waals surface area contributed by atoms with E-state index in [1.54, 1.807) is 36.4 Å². The Morgan fingerprint density at radius 2 is 1.68 bits per heavy atom. The summed E-state index contributed by atoms with van der Waals surface area (Å²) in [6.07, 6.45) is 2.91. The maximum absolute atomic E-state index is 12.5. The molecule has 0 saturated carbocycles. The number of nitrogens with zero attached hydrogens (tertiary/aromatic N) is 3. The standard InChI is InChI=1S/C24H28N6O3S/c1-27-14-17-4-6-19(7-5-17)23(25)33-24(26)22-16-28-15-21(29-22)18-8-10-20(11-9-18)34(31,32)13-12-30(2)3/h4-11,15-16,25-27H,12-14H2,1-3H3. The second-order valence-corrected chi connectivity index (χ2v) is 10.0. The average molecular weight is 481 g/mol.